The highest BCUT2D eigenvalue weighted by Crippen LogP contribution is 2.11. The molecule has 1 amide bonds. The largest absolute Gasteiger partial charge is 0.346 e. The molecule has 0 fully saturated rings. The van der Waals surface area contributed by atoms with Crippen LogP contribution < -0.4 is 5.32 Å². The van der Waals surface area contributed by atoms with Crippen molar-refractivity contribution in [2.24, 2.45) is 0 Å². The van der Waals surface area contributed by atoms with Crippen LogP contribution in [0.2, 0.25) is 0 Å². The van der Waals surface area contributed by atoms with Gasteiger partial charge < -0.3 is 5.32 Å². The highest BCUT2D eigenvalue weighted by atomic mass is 16.1. The van der Waals surface area contributed by atoms with E-state index in [2.05, 4.69) is 15.6 Å². The topological polar surface area (TPSA) is 59.8 Å². The smallest absolute Gasteiger partial charge is 0.244 e. The normalized spacial score (nSPS) is 12.2. The molecule has 1 N–H and O–H groups in total. The molecule has 25 heavy (non-hydrogen) atoms. The van der Waals surface area contributed by atoms with E-state index in [9.17, 15) is 4.79 Å². The van der Waals surface area contributed by atoms with Gasteiger partial charge in [-0.15, -0.1) is 5.10 Å². The zero-order valence-corrected chi connectivity index (χ0v) is 14.0. The Morgan fingerprint density at radius 2 is 1.80 bits per heavy atom. The lowest BCUT2D eigenvalue weighted by Crippen LogP contribution is -2.24. The van der Waals surface area contributed by atoms with Crippen LogP contribution in [0.3, 0.4) is 0 Å². The van der Waals surface area contributed by atoms with Gasteiger partial charge in [0.25, 0.3) is 0 Å². The molecule has 1 atom stereocenters. The van der Waals surface area contributed by atoms with Crippen molar-refractivity contribution in [1.82, 2.24) is 20.3 Å². The van der Waals surface area contributed by atoms with Crippen molar-refractivity contribution >= 4 is 12.0 Å². The van der Waals surface area contributed by atoms with Gasteiger partial charge in [0.05, 0.1) is 18.8 Å². The Morgan fingerprint density at radius 1 is 1.12 bits per heavy atom. The van der Waals surface area contributed by atoms with Crippen molar-refractivity contribution in [2.45, 2.75) is 19.5 Å². The zero-order valence-electron chi connectivity index (χ0n) is 14.0. The van der Waals surface area contributed by atoms with Crippen LogP contribution in [0.4, 0.5) is 0 Å². The zero-order chi connectivity index (χ0) is 17.5. The predicted molar refractivity (Wildman–Crippen MR) is 97.6 cm³/mol. The molecule has 126 valence electrons. The quantitative estimate of drug-likeness (QED) is 0.705. The van der Waals surface area contributed by atoms with Crippen LogP contribution in [-0.2, 0) is 11.3 Å². The van der Waals surface area contributed by atoms with Gasteiger partial charge >= 0.3 is 0 Å². The molecule has 0 saturated heterocycles. The number of carbonyl (C=O) groups is 1. The molecule has 0 bridgehead atoms. The number of nitrogens with one attached hydrogen (secondary N) is 1. The van der Waals surface area contributed by atoms with Crippen molar-refractivity contribution in [1.29, 1.82) is 0 Å². The minimum absolute atomic E-state index is 0.0490. The summed E-state index contributed by atoms with van der Waals surface area (Å²) in [7, 11) is 0. The first-order chi connectivity index (χ1) is 12.2. The average molecular weight is 332 g/mol. The van der Waals surface area contributed by atoms with Crippen molar-refractivity contribution < 1.29 is 4.79 Å². The maximum Gasteiger partial charge on any atom is 0.244 e. The molecule has 1 heterocycles. The number of aromatic nitrogens is 3. The number of nitrogens with zero attached hydrogens (tertiary/aromatic N) is 3. The van der Waals surface area contributed by atoms with Gasteiger partial charge in [-0.05, 0) is 24.1 Å². The Morgan fingerprint density at radius 3 is 2.52 bits per heavy atom. The molecule has 0 spiro atoms. The van der Waals surface area contributed by atoms with E-state index in [-0.39, 0.29) is 11.9 Å². The van der Waals surface area contributed by atoms with Gasteiger partial charge in [0.1, 0.15) is 5.69 Å². The molecule has 0 aliphatic carbocycles. The van der Waals surface area contributed by atoms with Gasteiger partial charge in [0.15, 0.2) is 0 Å². The number of hydrogen-bond acceptors (Lipinski definition) is 3. The van der Waals surface area contributed by atoms with Crippen LogP contribution in [0.15, 0.2) is 72.9 Å². The number of amides is 1. The summed E-state index contributed by atoms with van der Waals surface area (Å²) in [6.07, 6.45) is 4.97. The van der Waals surface area contributed by atoms with E-state index in [0.717, 1.165) is 11.1 Å². The number of carbonyl (C=O) groups excluding carboxylic acids is 1. The molecule has 5 nitrogen and oxygen atoms in total. The van der Waals surface area contributed by atoms with Gasteiger partial charge in [-0.1, -0.05) is 65.9 Å². The third kappa shape index (κ3) is 4.88. The lowest BCUT2D eigenvalue weighted by atomic mass is 10.1. The lowest BCUT2D eigenvalue weighted by Gasteiger charge is -2.12. The molecule has 3 rings (SSSR count). The second kappa shape index (κ2) is 8.06. The summed E-state index contributed by atoms with van der Waals surface area (Å²) in [6, 6.07) is 19.8. The molecule has 0 unspecified atom stereocenters. The molecular formula is C20H20N4O. The van der Waals surface area contributed by atoms with Crippen molar-refractivity contribution in [2.75, 3.05) is 0 Å². The van der Waals surface area contributed by atoms with Crippen LogP contribution in [0, 0.1) is 0 Å². The maximum absolute atomic E-state index is 12.0. The number of hydrogen-bond donors (Lipinski definition) is 1. The highest BCUT2D eigenvalue weighted by molar-refractivity contribution is 5.91. The molecule has 0 saturated carbocycles. The van der Waals surface area contributed by atoms with E-state index in [1.54, 1.807) is 10.8 Å². The molecule has 2 aromatic carbocycles. The summed E-state index contributed by atoms with van der Waals surface area (Å²) < 4.78 is 1.75. The third-order valence-corrected chi connectivity index (χ3v) is 3.81. The fourth-order valence-electron chi connectivity index (χ4n) is 2.49. The van der Waals surface area contributed by atoms with Crippen LogP contribution in [-0.4, -0.2) is 20.9 Å². The van der Waals surface area contributed by atoms with Crippen LogP contribution in [0.25, 0.3) is 6.08 Å². The van der Waals surface area contributed by atoms with Crippen LogP contribution in [0.1, 0.15) is 29.8 Å². The Balaban J connectivity index is 1.56. The third-order valence-electron chi connectivity index (χ3n) is 3.81. The molecular weight excluding hydrogens is 312 g/mol. The van der Waals surface area contributed by atoms with Crippen molar-refractivity contribution in [3.63, 3.8) is 0 Å². The summed E-state index contributed by atoms with van der Waals surface area (Å²) in [5.74, 6) is -0.158. The van der Waals surface area contributed by atoms with E-state index < -0.39 is 0 Å². The Hall–Kier alpha value is -3.21. The molecule has 3 aromatic rings. The van der Waals surface area contributed by atoms with Gasteiger partial charge in [-0.3, -0.25) is 4.79 Å². The average Bonchev–Trinajstić information content (AvgIpc) is 3.09. The molecule has 0 aliphatic rings. The van der Waals surface area contributed by atoms with E-state index in [0.29, 0.717) is 12.2 Å². The first kappa shape index (κ1) is 16.6. The maximum atomic E-state index is 12.0. The SMILES string of the molecule is C[C@H](NC(=O)/C=C/c1cn(Cc2ccccc2)nn1)c1ccccc1. The highest BCUT2D eigenvalue weighted by Gasteiger charge is 2.07. The Kier molecular flexibility index (Phi) is 5.36. The monoisotopic (exact) mass is 332 g/mol. The number of benzene rings is 2. The Labute approximate surface area is 147 Å². The van der Waals surface area contributed by atoms with Crippen LogP contribution in [0.5, 0.6) is 0 Å². The standard InChI is InChI=1S/C20H20N4O/c1-16(18-10-6-3-7-11-18)21-20(25)13-12-19-15-24(23-22-19)14-17-8-4-2-5-9-17/h2-13,15-16H,14H2,1H3,(H,21,25)/b13-12+/t16-/m0/s1. The second-order valence-corrected chi connectivity index (χ2v) is 5.80. The van der Waals surface area contributed by atoms with Gasteiger partial charge in [0.2, 0.25) is 5.91 Å². The summed E-state index contributed by atoms with van der Waals surface area (Å²) in [6.45, 7) is 2.61. The van der Waals surface area contributed by atoms with E-state index in [1.807, 2.05) is 73.8 Å². The lowest BCUT2D eigenvalue weighted by molar-refractivity contribution is -0.117. The van der Waals surface area contributed by atoms with Crippen molar-refractivity contribution in [3.05, 3.63) is 89.8 Å². The Bertz CT molecular complexity index is 840. The summed E-state index contributed by atoms with van der Waals surface area (Å²) >= 11 is 0. The summed E-state index contributed by atoms with van der Waals surface area (Å²) in [5, 5.41) is 11.1. The van der Waals surface area contributed by atoms with Gasteiger partial charge in [0, 0.05) is 6.08 Å². The molecule has 0 aliphatic heterocycles. The minimum atomic E-state index is -0.158. The summed E-state index contributed by atoms with van der Waals surface area (Å²) in [5.41, 5.74) is 2.87. The first-order valence-corrected chi connectivity index (χ1v) is 8.18. The fourth-order valence-corrected chi connectivity index (χ4v) is 2.49. The predicted octanol–water partition coefficient (Wildman–Crippen LogP) is 3.22. The van der Waals surface area contributed by atoms with E-state index in [1.165, 1.54) is 6.08 Å². The van der Waals surface area contributed by atoms with Gasteiger partial charge in [-0.25, -0.2) is 4.68 Å². The fraction of sp³-hybridized carbons (Fsp3) is 0.150. The number of rotatable bonds is 6. The van der Waals surface area contributed by atoms with Crippen molar-refractivity contribution in [3.8, 4) is 0 Å². The van der Waals surface area contributed by atoms with E-state index in [4.69, 9.17) is 0 Å². The molecule has 0 radical (unpaired) electrons. The van der Waals surface area contributed by atoms with E-state index >= 15 is 0 Å². The first-order valence-electron chi connectivity index (χ1n) is 8.18. The summed E-state index contributed by atoms with van der Waals surface area (Å²) in [4.78, 5) is 12.0. The van der Waals surface area contributed by atoms with Crippen LogP contribution >= 0.6 is 0 Å². The minimum Gasteiger partial charge on any atom is -0.346 e. The molecule has 1 aromatic heterocycles. The second-order valence-electron chi connectivity index (χ2n) is 5.80. The van der Waals surface area contributed by atoms with Gasteiger partial charge in [-0.2, -0.15) is 0 Å². The molecule has 5 heteroatoms.